The number of hydrogen-bond acceptors (Lipinski definition) is 2. The highest BCUT2D eigenvalue weighted by molar-refractivity contribution is 5.35. The van der Waals surface area contributed by atoms with Crippen LogP contribution in [0.25, 0.3) is 0 Å². The van der Waals surface area contributed by atoms with Crippen LogP contribution in [0, 0.1) is 11.8 Å². The molecule has 126 valence electrons. The Morgan fingerprint density at radius 1 is 1.17 bits per heavy atom. The van der Waals surface area contributed by atoms with Crippen LogP contribution in [0.2, 0.25) is 0 Å². The molecule has 0 amide bonds. The second-order valence-electron chi connectivity index (χ2n) is 8.59. The van der Waals surface area contributed by atoms with Gasteiger partial charge in [0.2, 0.25) is 0 Å². The fourth-order valence-corrected chi connectivity index (χ4v) is 5.41. The monoisotopic (exact) mass is 313 g/mol. The van der Waals surface area contributed by atoms with E-state index in [2.05, 4.69) is 56.9 Å². The molecule has 1 aliphatic carbocycles. The van der Waals surface area contributed by atoms with Gasteiger partial charge in [-0.3, -0.25) is 4.90 Å². The zero-order valence-corrected chi connectivity index (χ0v) is 15.1. The lowest BCUT2D eigenvalue weighted by atomic mass is 9.68. The van der Waals surface area contributed by atoms with Crippen LogP contribution in [0.5, 0.6) is 0 Å². The molecule has 4 rings (SSSR count). The molecule has 0 radical (unpaired) electrons. The largest absolute Gasteiger partial charge is 0.355 e. The zero-order valence-electron chi connectivity index (χ0n) is 15.1. The third kappa shape index (κ3) is 2.37. The molecule has 3 aliphatic rings. The summed E-state index contributed by atoms with van der Waals surface area (Å²) in [7, 11) is 0. The highest BCUT2D eigenvalue weighted by Gasteiger charge is 2.52. The van der Waals surface area contributed by atoms with Gasteiger partial charge in [-0.15, -0.1) is 0 Å². The summed E-state index contributed by atoms with van der Waals surface area (Å²) in [5.74, 6) is 2.13. The highest BCUT2D eigenvalue weighted by Crippen LogP contribution is 2.52. The zero-order chi connectivity index (χ0) is 16.2. The van der Waals surface area contributed by atoms with Crippen LogP contribution in [0.15, 0.2) is 24.3 Å². The normalized spacial score (nSPS) is 39.2. The summed E-state index contributed by atoms with van der Waals surface area (Å²) in [6.45, 7) is 10.8. The van der Waals surface area contributed by atoms with E-state index in [1.807, 2.05) is 0 Å². The Morgan fingerprint density at radius 2 is 1.91 bits per heavy atom. The first-order valence-electron chi connectivity index (χ1n) is 9.53. The summed E-state index contributed by atoms with van der Waals surface area (Å²) in [5.41, 5.74) is 3.18. The Kier molecular flexibility index (Phi) is 3.81. The molecule has 2 fully saturated rings. The van der Waals surface area contributed by atoms with Crippen LogP contribution in [-0.2, 0) is 4.74 Å². The average Bonchev–Trinajstić information content (AvgIpc) is 2.54. The van der Waals surface area contributed by atoms with Gasteiger partial charge in [0.15, 0.2) is 0 Å². The first-order valence-corrected chi connectivity index (χ1v) is 9.53. The fraction of sp³-hybridized carbons (Fsp3) is 0.714. The molecule has 0 N–H and O–H groups in total. The molecule has 0 bridgehead atoms. The highest BCUT2D eigenvalue weighted by atomic mass is 16.5. The van der Waals surface area contributed by atoms with Crippen LogP contribution in [0.4, 0.5) is 0 Å². The first kappa shape index (κ1) is 15.7. The molecular formula is C21H31NO. The molecule has 2 heterocycles. The molecule has 1 saturated heterocycles. The fourth-order valence-electron chi connectivity index (χ4n) is 5.41. The van der Waals surface area contributed by atoms with Crippen molar-refractivity contribution < 1.29 is 4.74 Å². The number of hydrogen-bond donors (Lipinski definition) is 0. The summed E-state index contributed by atoms with van der Waals surface area (Å²) in [6, 6.07) is 9.00. The molecule has 2 nitrogen and oxygen atoms in total. The summed E-state index contributed by atoms with van der Waals surface area (Å²) in [6.07, 6.45) is 5.72. The molecule has 2 aliphatic heterocycles. The van der Waals surface area contributed by atoms with Crippen molar-refractivity contribution in [1.29, 1.82) is 0 Å². The minimum atomic E-state index is 0.163. The Balaban J connectivity index is 1.75. The van der Waals surface area contributed by atoms with E-state index in [0.29, 0.717) is 17.9 Å². The van der Waals surface area contributed by atoms with Crippen LogP contribution in [0.1, 0.15) is 76.7 Å². The van der Waals surface area contributed by atoms with E-state index in [0.717, 1.165) is 12.5 Å². The lowest BCUT2D eigenvalue weighted by Gasteiger charge is -2.59. The molecule has 0 aromatic heterocycles. The number of nitrogens with zero attached hydrogens (tertiary/aromatic N) is 1. The van der Waals surface area contributed by atoms with Crippen molar-refractivity contribution >= 4 is 0 Å². The maximum absolute atomic E-state index is 6.75. The Hall–Kier alpha value is -0.860. The average molecular weight is 313 g/mol. The van der Waals surface area contributed by atoms with E-state index in [-0.39, 0.29) is 11.8 Å². The first-order chi connectivity index (χ1) is 11.0. The molecule has 1 aromatic rings. The van der Waals surface area contributed by atoms with Crippen molar-refractivity contribution in [1.82, 2.24) is 4.90 Å². The van der Waals surface area contributed by atoms with Gasteiger partial charge in [-0.25, -0.2) is 0 Å². The Morgan fingerprint density at radius 3 is 2.65 bits per heavy atom. The second-order valence-corrected chi connectivity index (χ2v) is 8.59. The van der Waals surface area contributed by atoms with Gasteiger partial charge in [0, 0.05) is 18.0 Å². The summed E-state index contributed by atoms with van der Waals surface area (Å²) in [4.78, 5) is 2.68. The van der Waals surface area contributed by atoms with E-state index in [9.17, 15) is 0 Å². The van der Waals surface area contributed by atoms with Crippen molar-refractivity contribution in [3.63, 3.8) is 0 Å². The standard InChI is InChI=1S/C21H31NO/c1-5-15-13-22-20(17-9-7-6-8-16(15)17)23-19-12-14(2)10-11-18(19)21(22,3)4/h6-9,14-15,18-20H,5,10-13H2,1-4H3/t14-,15-,18?,19?,20+/m1/s1. The van der Waals surface area contributed by atoms with Crippen molar-refractivity contribution in [2.45, 2.75) is 77.2 Å². The Labute approximate surface area is 141 Å². The van der Waals surface area contributed by atoms with Crippen molar-refractivity contribution in [2.24, 2.45) is 11.8 Å². The summed E-state index contributed by atoms with van der Waals surface area (Å²) < 4.78 is 6.75. The van der Waals surface area contributed by atoms with Gasteiger partial charge in [0.25, 0.3) is 0 Å². The van der Waals surface area contributed by atoms with Gasteiger partial charge in [-0.05, 0) is 56.1 Å². The van der Waals surface area contributed by atoms with E-state index >= 15 is 0 Å². The maximum atomic E-state index is 6.75. The van der Waals surface area contributed by atoms with Crippen molar-refractivity contribution in [3.8, 4) is 0 Å². The molecule has 2 heteroatoms. The molecule has 2 unspecified atom stereocenters. The van der Waals surface area contributed by atoms with E-state index < -0.39 is 0 Å². The molecule has 1 saturated carbocycles. The minimum Gasteiger partial charge on any atom is -0.355 e. The van der Waals surface area contributed by atoms with Gasteiger partial charge in [0.1, 0.15) is 6.23 Å². The molecular weight excluding hydrogens is 282 g/mol. The van der Waals surface area contributed by atoms with Crippen molar-refractivity contribution in [2.75, 3.05) is 6.54 Å². The topological polar surface area (TPSA) is 12.5 Å². The number of rotatable bonds is 1. The van der Waals surface area contributed by atoms with Crippen LogP contribution < -0.4 is 0 Å². The third-order valence-electron chi connectivity index (χ3n) is 6.90. The van der Waals surface area contributed by atoms with Gasteiger partial charge < -0.3 is 4.74 Å². The lowest BCUT2D eigenvalue weighted by molar-refractivity contribution is -0.242. The predicted octanol–water partition coefficient (Wildman–Crippen LogP) is 5.11. The number of fused-ring (bicyclic) bond motifs is 4. The predicted molar refractivity (Wildman–Crippen MR) is 94.4 cm³/mol. The summed E-state index contributed by atoms with van der Waals surface area (Å²) in [5, 5.41) is 0. The number of ether oxygens (including phenoxy) is 1. The molecule has 0 spiro atoms. The van der Waals surface area contributed by atoms with Gasteiger partial charge in [-0.1, -0.05) is 44.5 Å². The van der Waals surface area contributed by atoms with Gasteiger partial charge in [0.05, 0.1) is 6.10 Å². The van der Waals surface area contributed by atoms with Gasteiger partial charge >= 0.3 is 0 Å². The van der Waals surface area contributed by atoms with Crippen LogP contribution in [0.3, 0.4) is 0 Å². The van der Waals surface area contributed by atoms with E-state index in [1.165, 1.54) is 36.8 Å². The summed E-state index contributed by atoms with van der Waals surface area (Å²) >= 11 is 0. The smallest absolute Gasteiger partial charge is 0.137 e. The van der Waals surface area contributed by atoms with Gasteiger partial charge in [-0.2, -0.15) is 0 Å². The molecule has 23 heavy (non-hydrogen) atoms. The third-order valence-corrected chi connectivity index (χ3v) is 6.90. The minimum absolute atomic E-state index is 0.163. The number of benzene rings is 1. The lowest BCUT2D eigenvalue weighted by Crippen LogP contribution is -2.63. The molecule has 5 atom stereocenters. The van der Waals surface area contributed by atoms with Crippen LogP contribution in [-0.4, -0.2) is 23.1 Å². The van der Waals surface area contributed by atoms with E-state index in [1.54, 1.807) is 0 Å². The second kappa shape index (κ2) is 5.60. The quantitative estimate of drug-likeness (QED) is 0.714. The van der Waals surface area contributed by atoms with Crippen molar-refractivity contribution in [3.05, 3.63) is 35.4 Å². The SMILES string of the molecule is CC[C@@H]1CN2[C@@H](OC3C[C@H](C)CCC3C2(C)C)c2ccccc21. The maximum Gasteiger partial charge on any atom is 0.137 e. The Bertz CT molecular complexity index is 581. The molecule has 1 aromatic carbocycles. The van der Waals surface area contributed by atoms with Crippen LogP contribution >= 0.6 is 0 Å². The van der Waals surface area contributed by atoms with E-state index in [4.69, 9.17) is 4.74 Å².